The fourth-order valence-electron chi connectivity index (χ4n) is 2.56. The maximum Gasteiger partial charge on any atom is 0.335 e. The van der Waals surface area contributed by atoms with E-state index in [-0.39, 0.29) is 17.3 Å². The van der Waals surface area contributed by atoms with E-state index < -0.39 is 5.97 Å². The smallest absolute Gasteiger partial charge is 0.335 e. The van der Waals surface area contributed by atoms with Crippen molar-refractivity contribution >= 4 is 17.7 Å². The summed E-state index contributed by atoms with van der Waals surface area (Å²) >= 11 is 0. The van der Waals surface area contributed by atoms with E-state index >= 15 is 0 Å². The highest BCUT2D eigenvalue weighted by atomic mass is 16.5. The average Bonchev–Trinajstić information content (AvgIpc) is 2.67. The number of rotatable bonds is 9. The van der Waals surface area contributed by atoms with Gasteiger partial charge >= 0.3 is 5.97 Å². The standard InChI is InChI=1S/C20H23N3O4/c1-2-13-11-15(7-8-17(13)20(25)26)19(24)23-9-4-10-27-16-6-3-5-14(12-16)18(21)22/h3,5-8,11-12H,2,4,9-10H2,1H3,(H3,21,22)(H,23,24)(H,25,26). The van der Waals surface area contributed by atoms with Gasteiger partial charge in [-0.2, -0.15) is 0 Å². The van der Waals surface area contributed by atoms with Crippen molar-refractivity contribution in [3.63, 3.8) is 0 Å². The number of aryl methyl sites for hydroxylation is 1. The highest BCUT2D eigenvalue weighted by Crippen LogP contribution is 2.14. The molecule has 2 rings (SSSR count). The van der Waals surface area contributed by atoms with Gasteiger partial charge in [-0.15, -0.1) is 0 Å². The summed E-state index contributed by atoms with van der Waals surface area (Å²) in [7, 11) is 0. The largest absolute Gasteiger partial charge is 0.494 e. The Morgan fingerprint density at radius 3 is 2.63 bits per heavy atom. The van der Waals surface area contributed by atoms with Crippen molar-refractivity contribution in [3.8, 4) is 5.75 Å². The van der Waals surface area contributed by atoms with Crippen molar-refractivity contribution in [2.45, 2.75) is 19.8 Å². The van der Waals surface area contributed by atoms with E-state index in [1.165, 1.54) is 12.1 Å². The molecule has 7 heteroatoms. The predicted octanol–water partition coefficient (Wildman–Crippen LogP) is 2.43. The van der Waals surface area contributed by atoms with E-state index in [0.29, 0.717) is 48.4 Å². The first-order valence-corrected chi connectivity index (χ1v) is 8.64. The lowest BCUT2D eigenvalue weighted by atomic mass is 10.0. The van der Waals surface area contributed by atoms with Crippen LogP contribution in [0.1, 0.15) is 45.2 Å². The SMILES string of the molecule is CCc1cc(C(=O)NCCCOc2cccc(C(=N)N)c2)ccc1C(=O)O. The number of amides is 1. The summed E-state index contributed by atoms with van der Waals surface area (Å²) < 4.78 is 5.59. The van der Waals surface area contributed by atoms with Gasteiger partial charge in [0.1, 0.15) is 11.6 Å². The fourth-order valence-corrected chi connectivity index (χ4v) is 2.56. The van der Waals surface area contributed by atoms with E-state index in [1.54, 1.807) is 30.3 Å². The van der Waals surface area contributed by atoms with Crippen molar-refractivity contribution in [1.82, 2.24) is 5.32 Å². The van der Waals surface area contributed by atoms with Crippen LogP contribution in [0.3, 0.4) is 0 Å². The summed E-state index contributed by atoms with van der Waals surface area (Å²) in [6.07, 6.45) is 1.14. The number of ether oxygens (including phenoxy) is 1. The topological polar surface area (TPSA) is 126 Å². The highest BCUT2D eigenvalue weighted by Gasteiger charge is 2.12. The third-order valence-electron chi connectivity index (χ3n) is 4.00. The molecule has 0 atom stereocenters. The Balaban J connectivity index is 1.82. The van der Waals surface area contributed by atoms with Crippen LogP contribution in [0.4, 0.5) is 0 Å². The second kappa shape index (κ2) is 9.38. The molecule has 27 heavy (non-hydrogen) atoms. The second-order valence-electron chi connectivity index (χ2n) is 5.93. The van der Waals surface area contributed by atoms with Crippen LogP contribution in [0.25, 0.3) is 0 Å². The molecule has 0 aromatic heterocycles. The number of hydrogen-bond acceptors (Lipinski definition) is 4. The molecule has 2 aromatic rings. The van der Waals surface area contributed by atoms with Gasteiger partial charge in [0.2, 0.25) is 0 Å². The minimum absolute atomic E-state index is 0.0203. The van der Waals surface area contributed by atoms with E-state index in [0.717, 1.165) is 0 Å². The van der Waals surface area contributed by atoms with Gasteiger partial charge in [0.25, 0.3) is 5.91 Å². The zero-order valence-electron chi connectivity index (χ0n) is 15.1. The molecule has 2 aromatic carbocycles. The molecule has 0 saturated carbocycles. The molecule has 1 amide bonds. The van der Waals surface area contributed by atoms with Gasteiger partial charge in [0.15, 0.2) is 0 Å². The Labute approximate surface area is 157 Å². The molecule has 0 fully saturated rings. The molecule has 0 aliphatic rings. The van der Waals surface area contributed by atoms with Crippen LogP contribution in [0, 0.1) is 5.41 Å². The molecule has 0 unspecified atom stereocenters. The molecular formula is C20H23N3O4. The number of carboxylic acids is 1. The third kappa shape index (κ3) is 5.57. The van der Waals surface area contributed by atoms with Crippen molar-refractivity contribution in [3.05, 3.63) is 64.7 Å². The predicted molar refractivity (Wildman–Crippen MR) is 103 cm³/mol. The molecule has 5 N–H and O–H groups in total. The quantitative estimate of drug-likeness (QED) is 0.307. The molecule has 0 spiro atoms. The zero-order valence-corrected chi connectivity index (χ0v) is 15.1. The summed E-state index contributed by atoms with van der Waals surface area (Å²) in [4.78, 5) is 23.4. The van der Waals surface area contributed by atoms with Crippen molar-refractivity contribution < 1.29 is 19.4 Å². The van der Waals surface area contributed by atoms with E-state index in [2.05, 4.69) is 5.32 Å². The van der Waals surface area contributed by atoms with Crippen molar-refractivity contribution in [1.29, 1.82) is 5.41 Å². The molecule has 0 bridgehead atoms. The number of nitrogen functional groups attached to an aromatic ring is 1. The van der Waals surface area contributed by atoms with Crippen LogP contribution in [0.15, 0.2) is 42.5 Å². The van der Waals surface area contributed by atoms with Crippen LogP contribution >= 0.6 is 0 Å². The number of carbonyl (C=O) groups excluding carboxylic acids is 1. The molecular weight excluding hydrogens is 346 g/mol. The van der Waals surface area contributed by atoms with Crippen LogP contribution in [-0.4, -0.2) is 36.0 Å². The van der Waals surface area contributed by atoms with Crippen LogP contribution in [0.5, 0.6) is 5.75 Å². The van der Waals surface area contributed by atoms with Crippen LogP contribution in [-0.2, 0) is 6.42 Å². The Bertz CT molecular complexity index is 849. The molecule has 0 aliphatic carbocycles. The first-order chi connectivity index (χ1) is 12.9. The first kappa shape index (κ1) is 20.0. The molecule has 142 valence electrons. The van der Waals surface area contributed by atoms with E-state index in [4.69, 9.17) is 21.0 Å². The second-order valence-corrected chi connectivity index (χ2v) is 5.93. The molecule has 0 aliphatic heterocycles. The van der Waals surface area contributed by atoms with Crippen molar-refractivity contribution in [2.75, 3.05) is 13.2 Å². The third-order valence-corrected chi connectivity index (χ3v) is 4.00. The summed E-state index contributed by atoms with van der Waals surface area (Å²) in [6.45, 7) is 2.68. The minimum Gasteiger partial charge on any atom is -0.494 e. The number of carbonyl (C=O) groups is 2. The summed E-state index contributed by atoms with van der Waals surface area (Å²) in [6, 6.07) is 11.6. The van der Waals surface area contributed by atoms with Gasteiger partial charge in [-0.05, 0) is 48.7 Å². The number of amidine groups is 1. The van der Waals surface area contributed by atoms with E-state index in [1.807, 2.05) is 6.92 Å². The van der Waals surface area contributed by atoms with Gasteiger partial charge in [0, 0.05) is 17.7 Å². The minimum atomic E-state index is -0.996. The van der Waals surface area contributed by atoms with Gasteiger partial charge in [0.05, 0.1) is 12.2 Å². The highest BCUT2D eigenvalue weighted by molar-refractivity contribution is 5.97. The van der Waals surface area contributed by atoms with Gasteiger partial charge in [-0.3, -0.25) is 10.2 Å². The van der Waals surface area contributed by atoms with Gasteiger partial charge in [-0.25, -0.2) is 4.79 Å². The van der Waals surface area contributed by atoms with Crippen LogP contribution < -0.4 is 15.8 Å². The first-order valence-electron chi connectivity index (χ1n) is 8.64. The lowest BCUT2D eigenvalue weighted by Crippen LogP contribution is -2.25. The fraction of sp³-hybridized carbons (Fsp3) is 0.250. The maximum atomic E-state index is 12.2. The lowest BCUT2D eigenvalue weighted by molar-refractivity contribution is 0.0695. The summed E-state index contributed by atoms with van der Waals surface area (Å²) in [5.74, 6) is -0.649. The molecule has 7 nitrogen and oxygen atoms in total. The summed E-state index contributed by atoms with van der Waals surface area (Å²) in [5, 5.41) is 19.3. The van der Waals surface area contributed by atoms with Gasteiger partial charge in [-0.1, -0.05) is 19.1 Å². The number of hydrogen-bond donors (Lipinski definition) is 4. The Hall–Kier alpha value is -3.35. The van der Waals surface area contributed by atoms with Crippen LogP contribution in [0.2, 0.25) is 0 Å². The number of benzene rings is 2. The average molecular weight is 369 g/mol. The molecule has 0 radical (unpaired) electrons. The number of carboxylic acid groups (broad SMARTS) is 1. The lowest BCUT2D eigenvalue weighted by Gasteiger charge is -2.10. The Morgan fingerprint density at radius 2 is 1.96 bits per heavy atom. The summed E-state index contributed by atoms with van der Waals surface area (Å²) in [5.41, 5.74) is 7.32. The van der Waals surface area contributed by atoms with E-state index in [9.17, 15) is 9.59 Å². The number of aromatic carboxylic acids is 1. The van der Waals surface area contributed by atoms with Crippen molar-refractivity contribution in [2.24, 2.45) is 5.73 Å². The maximum absolute atomic E-state index is 12.2. The number of nitrogens with two attached hydrogens (primary N) is 1. The molecule has 0 heterocycles. The Kier molecular flexibility index (Phi) is 6.93. The number of nitrogens with one attached hydrogen (secondary N) is 2. The zero-order chi connectivity index (χ0) is 19.8. The Morgan fingerprint density at radius 1 is 1.19 bits per heavy atom. The monoisotopic (exact) mass is 369 g/mol. The molecule has 0 saturated heterocycles. The van der Waals surface area contributed by atoms with Gasteiger partial charge < -0.3 is 20.9 Å². The normalized spacial score (nSPS) is 10.3.